The van der Waals surface area contributed by atoms with Gasteiger partial charge >= 0.3 is 0 Å². The number of hydrogen-bond acceptors (Lipinski definition) is 6. The van der Waals surface area contributed by atoms with Crippen molar-refractivity contribution in [1.29, 1.82) is 0 Å². The van der Waals surface area contributed by atoms with E-state index in [0.29, 0.717) is 19.1 Å². The molecular weight excluding hydrogens is 318 g/mol. The van der Waals surface area contributed by atoms with E-state index >= 15 is 0 Å². The molecule has 3 heterocycles. The van der Waals surface area contributed by atoms with E-state index in [-0.39, 0.29) is 0 Å². The first-order valence-corrected chi connectivity index (χ1v) is 9.03. The lowest BCUT2D eigenvalue weighted by Crippen LogP contribution is -2.38. The number of aryl methyl sites for hydroxylation is 1. The largest absolute Gasteiger partial charge is 0.390 e. The van der Waals surface area contributed by atoms with Crippen LogP contribution in [0, 0.1) is 6.92 Å². The molecule has 1 aliphatic rings. The molecule has 8 nitrogen and oxygen atoms in total. The van der Waals surface area contributed by atoms with Gasteiger partial charge in [0.2, 0.25) is 0 Å². The van der Waals surface area contributed by atoms with Crippen molar-refractivity contribution in [2.45, 2.75) is 52.0 Å². The van der Waals surface area contributed by atoms with Gasteiger partial charge in [0, 0.05) is 38.1 Å². The normalized spacial score (nSPS) is 19.8. The third-order valence-electron chi connectivity index (χ3n) is 5.02. The fraction of sp³-hybridized carbons (Fsp3) is 0.706. The van der Waals surface area contributed by atoms with Crippen LogP contribution >= 0.6 is 0 Å². The Morgan fingerprint density at radius 1 is 1.36 bits per heavy atom. The van der Waals surface area contributed by atoms with Gasteiger partial charge in [-0.25, -0.2) is 0 Å². The standard InChI is InChI=1S/C17H29N7O/c1-4-24-14(2)19-20-17(24)13-21(3)15-6-9-22(10-15)11-16(25)12-23-8-5-7-18-23/h5,7-8,15-16,25H,4,6,9-13H2,1-3H3. The molecule has 0 amide bonds. The molecule has 2 aromatic rings. The molecule has 1 N–H and O–H groups in total. The van der Waals surface area contributed by atoms with Crippen LogP contribution in [-0.4, -0.2) is 78.3 Å². The van der Waals surface area contributed by atoms with Crippen molar-refractivity contribution in [3.8, 4) is 0 Å². The van der Waals surface area contributed by atoms with Crippen LogP contribution < -0.4 is 0 Å². The number of aromatic nitrogens is 5. The first-order valence-electron chi connectivity index (χ1n) is 9.03. The molecular formula is C17H29N7O. The number of aliphatic hydroxyl groups excluding tert-OH is 1. The van der Waals surface area contributed by atoms with E-state index in [4.69, 9.17) is 0 Å². The smallest absolute Gasteiger partial charge is 0.147 e. The lowest BCUT2D eigenvalue weighted by Gasteiger charge is -2.25. The van der Waals surface area contributed by atoms with Crippen molar-refractivity contribution < 1.29 is 5.11 Å². The minimum atomic E-state index is -0.394. The summed E-state index contributed by atoms with van der Waals surface area (Å²) in [6.07, 6.45) is 4.35. The van der Waals surface area contributed by atoms with Gasteiger partial charge in [0.25, 0.3) is 0 Å². The molecule has 1 fully saturated rings. The zero-order valence-corrected chi connectivity index (χ0v) is 15.4. The van der Waals surface area contributed by atoms with Crippen LogP contribution in [0.1, 0.15) is 25.0 Å². The molecule has 8 heteroatoms. The zero-order chi connectivity index (χ0) is 17.8. The SMILES string of the molecule is CCn1c(C)nnc1CN(C)C1CCN(CC(O)Cn2cccn2)C1. The third-order valence-corrected chi connectivity index (χ3v) is 5.02. The van der Waals surface area contributed by atoms with E-state index in [1.165, 1.54) is 0 Å². The Morgan fingerprint density at radius 2 is 2.20 bits per heavy atom. The minimum Gasteiger partial charge on any atom is -0.390 e. The molecule has 0 aliphatic carbocycles. The molecule has 0 aromatic carbocycles. The zero-order valence-electron chi connectivity index (χ0n) is 15.4. The van der Waals surface area contributed by atoms with Gasteiger partial charge in [-0.1, -0.05) is 0 Å². The van der Waals surface area contributed by atoms with Crippen molar-refractivity contribution in [1.82, 2.24) is 34.3 Å². The molecule has 1 aliphatic heterocycles. The highest BCUT2D eigenvalue weighted by Crippen LogP contribution is 2.17. The average Bonchev–Trinajstić information content (AvgIpc) is 3.30. The summed E-state index contributed by atoms with van der Waals surface area (Å²) in [5, 5.41) is 22.9. The summed E-state index contributed by atoms with van der Waals surface area (Å²) in [5.41, 5.74) is 0. The molecule has 2 aromatic heterocycles. The van der Waals surface area contributed by atoms with Crippen LogP contribution in [0.25, 0.3) is 0 Å². The lowest BCUT2D eigenvalue weighted by molar-refractivity contribution is 0.101. The van der Waals surface area contributed by atoms with Gasteiger partial charge in [-0.15, -0.1) is 10.2 Å². The number of aliphatic hydroxyl groups is 1. The summed E-state index contributed by atoms with van der Waals surface area (Å²) in [5.74, 6) is 2.00. The Bertz CT molecular complexity index is 654. The summed E-state index contributed by atoms with van der Waals surface area (Å²) >= 11 is 0. The first kappa shape index (κ1) is 18.0. The summed E-state index contributed by atoms with van der Waals surface area (Å²) < 4.78 is 3.95. The number of likely N-dealkylation sites (tertiary alicyclic amines) is 1. The van der Waals surface area contributed by atoms with Crippen LogP contribution in [0.15, 0.2) is 18.5 Å². The van der Waals surface area contributed by atoms with Crippen molar-refractivity contribution in [3.05, 3.63) is 30.1 Å². The van der Waals surface area contributed by atoms with Crippen LogP contribution in [0.5, 0.6) is 0 Å². The van der Waals surface area contributed by atoms with E-state index in [1.807, 2.05) is 19.2 Å². The number of hydrogen-bond donors (Lipinski definition) is 1. The van der Waals surface area contributed by atoms with Crippen molar-refractivity contribution in [2.24, 2.45) is 0 Å². The number of β-amino-alcohol motifs (C(OH)–C–C–N with tert-alkyl or cyclic N) is 1. The minimum absolute atomic E-state index is 0.394. The Balaban J connectivity index is 1.48. The molecule has 2 unspecified atom stereocenters. The van der Waals surface area contributed by atoms with Crippen LogP contribution in [0.2, 0.25) is 0 Å². The monoisotopic (exact) mass is 347 g/mol. The lowest BCUT2D eigenvalue weighted by atomic mass is 10.2. The first-order chi connectivity index (χ1) is 12.1. The average molecular weight is 347 g/mol. The third kappa shape index (κ3) is 4.45. The fourth-order valence-corrected chi connectivity index (χ4v) is 3.62. The maximum atomic E-state index is 10.3. The van der Waals surface area contributed by atoms with E-state index in [0.717, 1.165) is 44.2 Å². The number of rotatable bonds is 8. The van der Waals surface area contributed by atoms with Crippen LogP contribution in [0.3, 0.4) is 0 Å². The Kier molecular flexibility index (Phi) is 5.82. The van der Waals surface area contributed by atoms with E-state index in [2.05, 4.69) is 43.6 Å². The Hall–Kier alpha value is -1.77. The second-order valence-electron chi connectivity index (χ2n) is 6.91. The van der Waals surface area contributed by atoms with Gasteiger partial charge in [-0.2, -0.15) is 5.10 Å². The van der Waals surface area contributed by atoms with Gasteiger partial charge in [-0.3, -0.25) is 14.5 Å². The highest BCUT2D eigenvalue weighted by molar-refractivity contribution is 4.95. The quantitative estimate of drug-likeness (QED) is 0.744. The Morgan fingerprint density at radius 3 is 2.92 bits per heavy atom. The molecule has 138 valence electrons. The summed E-state index contributed by atoms with van der Waals surface area (Å²) in [7, 11) is 2.15. The molecule has 0 spiro atoms. The number of likely N-dealkylation sites (N-methyl/N-ethyl adjacent to an activating group) is 1. The van der Waals surface area contributed by atoms with Crippen molar-refractivity contribution in [3.63, 3.8) is 0 Å². The van der Waals surface area contributed by atoms with Crippen molar-refractivity contribution in [2.75, 3.05) is 26.7 Å². The van der Waals surface area contributed by atoms with Gasteiger partial charge in [-0.05, 0) is 39.9 Å². The topological polar surface area (TPSA) is 75.2 Å². The van der Waals surface area contributed by atoms with Gasteiger partial charge < -0.3 is 9.67 Å². The molecule has 3 rings (SSSR count). The fourth-order valence-electron chi connectivity index (χ4n) is 3.62. The maximum Gasteiger partial charge on any atom is 0.147 e. The molecule has 25 heavy (non-hydrogen) atoms. The van der Waals surface area contributed by atoms with Gasteiger partial charge in [0.15, 0.2) is 0 Å². The Labute approximate surface area is 149 Å². The van der Waals surface area contributed by atoms with Gasteiger partial charge in [0.1, 0.15) is 11.6 Å². The second kappa shape index (κ2) is 8.07. The molecule has 0 saturated carbocycles. The maximum absolute atomic E-state index is 10.3. The molecule has 0 bridgehead atoms. The van der Waals surface area contributed by atoms with Crippen molar-refractivity contribution >= 4 is 0 Å². The van der Waals surface area contributed by atoms with E-state index in [1.54, 1.807) is 10.9 Å². The summed E-state index contributed by atoms with van der Waals surface area (Å²) in [6.45, 7) is 9.06. The summed E-state index contributed by atoms with van der Waals surface area (Å²) in [6, 6.07) is 2.36. The highest BCUT2D eigenvalue weighted by Gasteiger charge is 2.27. The van der Waals surface area contributed by atoms with Crippen LogP contribution in [-0.2, 0) is 19.6 Å². The number of nitrogens with zero attached hydrogens (tertiary/aromatic N) is 7. The predicted molar refractivity (Wildman–Crippen MR) is 95.0 cm³/mol. The molecule has 2 atom stereocenters. The molecule has 1 saturated heterocycles. The second-order valence-corrected chi connectivity index (χ2v) is 6.91. The molecule has 0 radical (unpaired) electrons. The van der Waals surface area contributed by atoms with Crippen LogP contribution in [0.4, 0.5) is 0 Å². The van der Waals surface area contributed by atoms with Gasteiger partial charge in [0.05, 0.1) is 19.2 Å². The summed E-state index contributed by atoms with van der Waals surface area (Å²) in [4.78, 5) is 4.70. The highest BCUT2D eigenvalue weighted by atomic mass is 16.3. The predicted octanol–water partition coefficient (Wildman–Crippen LogP) is 0.370. The van der Waals surface area contributed by atoms with E-state index < -0.39 is 6.10 Å². The van der Waals surface area contributed by atoms with E-state index in [9.17, 15) is 5.11 Å².